The van der Waals surface area contributed by atoms with Crippen LogP contribution in [0.3, 0.4) is 0 Å². The monoisotopic (exact) mass is 279 g/mol. The van der Waals surface area contributed by atoms with Gasteiger partial charge in [0.25, 0.3) is 0 Å². The molecule has 0 amide bonds. The Labute approximate surface area is 121 Å². The van der Waals surface area contributed by atoms with E-state index in [1.807, 2.05) is 25.6 Å². The van der Waals surface area contributed by atoms with E-state index in [1.54, 1.807) is 0 Å². The number of anilines is 1. The van der Waals surface area contributed by atoms with Crippen molar-refractivity contribution in [2.24, 2.45) is 0 Å². The predicted octanol–water partition coefficient (Wildman–Crippen LogP) is 4.29. The normalized spacial score (nSPS) is 17.4. The van der Waals surface area contributed by atoms with E-state index in [2.05, 4.69) is 29.6 Å². The van der Waals surface area contributed by atoms with E-state index in [0.717, 1.165) is 10.9 Å². The Morgan fingerprint density at radius 3 is 2.68 bits per heavy atom. The Balaban J connectivity index is 1.90. The molecule has 0 aliphatic heterocycles. The van der Waals surface area contributed by atoms with E-state index in [9.17, 15) is 5.11 Å². The summed E-state index contributed by atoms with van der Waals surface area (Å²) in [5.41, 5.74) is 0.426. The van der Waals surface area contributed by atoms with Gasteiger partial charge in [0, 0.05) is 22.4 Å². The van der Waals surface area contributed by atoms with Gasteiger partial charge in [-0.25, -0.2) is 0 Å². The van der Waals surface area contributed by atoms with Crippen LogP contribution < -0.4 is 5.32 Å². The van der Waals surface area contributed by atoms with Crippen molar-refractivity contribution in [3.63, 3.8) is 0 Å². The van der Waals surface area contributed by atoms with Crippen molar-refractivity contribution in [2.75, 3.05) is 11.9 Å². The molecule has 2 rings (SSSR count). The van der Waals surface area contributed by atoms with Gasteiger partial charge in [-0.3, -0.25) is 0 Å². The largest absolute Gasteiger partial charge is 0.389 e. The zero-order chi connectivity index (χ0) is 13.7. The molecular formula is C16H25NOS. The molecule has 1 fully saturated rings. The molecule has 3 heteroatoms. The second-order valence-electron chi connectivity index (χ2n) is 6.07. The highest BCUT2D eigenvalue weighted by Gasteiger charge is 2.15. The molecule has 1 aromatic carbocycles. The van der Waals surface area contributed by atoms with Crippen molar-refractivity contribution in [1.82, 2.24) is 0 Å². The molecular weight excluding hydrogens is 254 g/mol. The van der Waals surface area contributed by atoms with Crippen molar-refractivity contribution < 1.29 is 5.11 Å². The molecule has 0 heterocycles. The van der Waals surface area contributed by atoms with Gasteiger partial charge in [-0.05, 0) is 44.9 Å². The quantitative estimate of drug-likeness (QED) is 0.843. The molecule has 1 aromatic rings. The lowest BCUT2D eigenvalue weighted by Gasteiger charge is -2.22. The highest BCUT2D eigenvalue weighted by Crippen LogP contribution is 2.34. The first-order valence-electron chi connectivity index (χ1n) is 7.26. The van der Waals surface area contributed by atoms with Gasteiger partial charge in [0.15, 0.2) is 0 Å². The van der Waals surface area contributed by atoms with Crippen LogP contribution in [0.25, 0.3) is 0 Å². The third-order valence-corrected chi connectivity index (χ3v) is 4.74. The molecule has 19 heavy (non-hydrogen) atoms. The van der Waals surface area contributed by atoms with Crippen LogP contribution in [0, 0.1) is 0 Å². The van der Waals surface area contributed by atoms with Crippen LogP contribution in [0.5, 0.6) is 0 Å². The van der Waals surface area contributed by atoms with Gasteiger partial charge in [-0.1, -0.05) is 25.3 Å². The Morgan fingerprint density at radius 2 is 2.00 bits per heavy atom. The summed E-state index contributed by atoms with van der Waals surface area (Å²) in [4.78, 5) is 1.34. The van der Waals surface area contributed by atoms with Gasteiger partial charge in [0.1, 0.15) is 0 Å². The third-order valence-electron chi connectivity index (χ3n) is 3.41. The van der Waals surface area contributed by atoms with Crippen molar-refractivity contribution in [2.45, 2.75) is 61.7 Å². The molecule has 0 atom stereocenters. The maximum atomic E-state index is 9.74. The molecule has 0 spiro atoms. The first kappa shape index (κ1) is 14.7. The lowest BCUT2D eigenvalue weighted by Crippen LogP contribution is -2.29. The number of thioether (sulfide) groups is 1. The Kier molecular flexibility index (Phi) is 5.17. The minimum atomic E-state index is -0.674. The average Bonchev–Trinajstić information content (AvgIpc) is 2.37. The third kappa shape index (κ3) is 5.45. The molecule has 0 unspecified atom stereocenters. The topological polar surface area (TPSA) is 32.3 Å². The number of hydrogen-bond donors (Lipinski definition) is 2. The molecule has 1 aliphatic carbocycles. The van der Waals surface area contributed by atoms with Crippen LogP contribution in [0.4, 0.5) is 5.69 Å². The minimum Gasteiger partial charge on any atom is -0.389 e. The average molecular weight is 279 g/mol. The van der Waals surface area contributed by atoms with Crippen LogP contribution in [0.15, 0.2) is 29.2 Å². The first-order valence-corrected chi connectivity index (χ1v) is 8.14. The van der Waals surface area contributed by atoms with Gasteiger partial charge >= 0.3 is 0 Å². The highest BCUT2D eigenvalue weighted by atomic mass is 32.2. The van der Waals surface area contributed by atoms with Gasteiger partial charge in [0.05, 0.1) is 5.60 Å². The summed E-state index contributed by atoms with van der Waals surface area (Å²) in [6.07, 6.45) is 6.88. The predicted molar refractivity (Wildman–Crippen MR) is 84.0 cm³/mol. The maximum Gasteiger partial charge on any atom is 0.0763 e. The summed E-state index contributed by atoms with van der Waals surface area (Å²) >= 11 is 2.01. The lowest BCUT2D eigenvalue weighted by atomic mass is 10.0. The summed E-state index contributed by atoms with van der Waals surface area (Å²) in [5, 5.41) is 13.8. The molecule has 2 nitrogen and oxygen atoms in total. The second kappa shape index (κ2) is 6.67. The van der Waals surface area contributed by atoms with Crippen LogP contribution in [0.2, 0.25) is 0 Å². The molecule has 0 bridgehead atoms. The van der Waals surface area contributed by atoms with Crippen LogP contribution in [-0.4, -0.2) is 22.5 Å². The molecule has 0 radical (unpaired) electrons. The Morgan fingerprint density at radius 1 is 1.26 bits per heavy atom. The number of aliphatic hydroxyl groups is 1. The Bertz CT molecular complexity index is 394. The van der Waals surface area contributed by atoms with Crippen molar-refractivity contribution in [1.29, 1.82) is 0 Å². The summed E-state index contributed by atoms with van der Waals surface area (Å²) < 4.78 is 0. The SMILES string of the molecule is CC(C)(O)CNc1cccc(SC2CCCCC2)c1. The molecule has 0 saturated heterocycles. The molecule has 1 saturated carbocycles. The van der Waals surface area contributed by atoms with Crippen molar-refractivity contribution in [3.8, 4) is 0 Å². The van der Waals surface area contributed by atoms with Crippen molar-refractivity contribution >= 4 is 17.4 Å². The van der Waals surface area contributed by atoms with Crippen molar-refractivity contribution in [3.05, 3.63) is 24.3 Å². The lowest BCUT2D eigenvalue weighted by molar-refractivity contribution is 0.0945. The molecule has 2 N–H and O–H groups in total. The number of rotatable bonds is 5. The van der Waals surface area contributed by atoms with E-state index in [0.29, 0.717) is 6.54 Å². The van der Waals surface area contributed by atoms with E-state index < -0.39 is 5.60 Å². The van der Waals surface area contributed by atoms with Gasteiger partial charge in [-0.15, -0.1) is 11.8 Å². The number of nitrogens with one attached hydrogen (secondary N) is 1. The summed E-state index contributed by atoms with van der Waals surface area (Å²) in [6.45, 7) is 4.21. The van der Waals surface area contributed by atoms with Crippen LogP contribution >= 0.6 is 11.8 Å². The van der Waals surface area contributed by atoms with E-state index in [4.69, 9.17) is 0 Å². The van der Waals surface area contributed by atoms with Crippen LogP contribution in [0.1, 0.15) is 46.0 Å². The summed E-state index contributed by atoms with van der Waals surface area (Å²) in [7, 11) is 0. The van der Waals surface area contributed by atoms with Gasteiger partial charge in [0.2, 0.25) is 0 Å². The zero-order valence-corrected chi connectivity index (χ0v) is 12.8. The first-order chi connectivity index (χ1) is 9.03. The molecule has 1 aliphatic rings. The smallest absolute Gasteiger partial charge is 0.0763 e. The maximum absolute atomic E-state index is 9.74. The summed E-state index contributed by atoms with van der Waals surface area (Å²) in [5.74, 6) is 0. The van der Waals surface area contributed by atoms with Gasteiger partial charge in [-0.2, -0.15) is 0 Å². The van der Waals surface area contributed by atoms with Crippen LogP contribution in [-0.2, 0) is 0 Å². The number of hydrogen-bond acceptors (Lipinski definition) is 3. The number of benzene rings is 1. The summed E-state index contributed by atoms with van der Waals surface area (Å²) in [6, 6.07) is 8.55. The van der Waals surface area contributed by atoms with E-state index >= 15 is 0 Å². The fraction of sp³-hybridized carbons (Fsp3) is 0.625. The fourth-order valence-corrected chi connectivity index (χ4v) is 3.68. The molecule has 0 aromatic heterocycles. The zero-order valence-electron chi connectivity index (χ0n) is 12.0. The standard InChI is InChI=1S/C16H25NOS/c1-16(2,18)12-17-13-7-6-10-15(11-13)19-14-8-4-3-5-9-14/h6-7,10-11,14,17-18H,3-5,8-9,12H2,1-2H3. The second-order valence-corrected chi connectivity index (χ2v) is 7.45. The fourth-order valence-electron chi connectivity index (χ4n) is 2.37. The molecule has 106 valence electrons. The van der Waals surface area contributed by atoms with Gasteiger partial charge < -0.3 is 10.4 Å². The minimum absolute atomic E-state index is 0.574. The Hall–Kier alpha value is -0.670. The van der Waals surface area contributed by atoms with E-state index in [1.165, 1.54) is 37.0 Å². The highest BCUT2D eigenvalue weighted by molar-refractivity contribution is 8.00. The van der Waals surface area contributed by atoms with E-state index in [-0.39, 0.29) is 0 Å².